The van der Waals surface area contributed by atoms with E-state index < -0.39 is 0 Å². The van der Waals surface area contributed by atoms with Crippen LogP contribution in [0, 0.1) is 0 Å². The maximum Gasteiger partial charge on any atom is 0.254 e. The molecule has 1 aliphatic heterocycles. The number of amides is 1. The molecule has 0 radical (unpaired) electrons. The van der Waals surface area contributed by atoms with Gasteiger partial charge in [-0.05, 0) is 24.3 Å². The van der Waals surface area contributed by atoms with Crippen molar-refractivity contribution in [1.82, 2.24) is 14.9 Å². The lowest BCUT2D eigenvalue weighted by Crippen LogP contribution is -2.36. The van der Waals surface area contributed by atoms with Crippen LogP contribution in [0.5, 0.6) is 0 Å². The molecule has 1 aromatic heterocycles. The average Bonchev–Trinajstić information content (AvgIpc) is 2.86. The number of benzene rings is 1. The van der Waals surface area contributed by atoms with Crippen molar-refractivity contribution in [3.05, 3.63) is 52.6 Å². The van der Waals surface area contributed by atoms with Crippen molar-refractivity contribution in [1.29, 1.82) is 0 Å². The zero-order valence-electron chi connectivity index (χ0n) is 9.69. The van der Waals surface area contributed by atoms with Gasteiger partial charge in [-0.2, -0.15) is 0 Å². The van der Waals surface area contributed by atoms with Crippen LogP contribution in [0.15, 0.2) is 30.6 Å². The SMILES string of the molecule is O=C(c1ccc(Cl)cc1)N1CCc2nc[nH]c2C1. The Labute approximate surface area is 110 Å². The summed E-state index contributed by atoms with van der Waals surface area (Å²) in [5, 5.41) is 0.640. The molecule has 2 aromatic rings. The molecule has 3 rings (SSSR count). The van der Waals surface area contributed by atoms with Crippen molar-refractivity contribution in [3.8, 4) is 0 Å². The van der Waals surface area contributed by atoms with E-state index in [0.717, 1.165) is 17.8 Å². The molecule has 1 amide bonds. The molecule has 1 aliphatic rings. The quantitative estimate of drug-likeness (QED) is 0.856. The van der Waals surface area contributed by atoms with Gasteiger partial charge >= 0.3 is 0 Å². The van der Waals surface area contributed by atoms with E-state index in [-0.39, 0.29) is 5.91 Å². The highest BCUT2D eigenvalue weighted by molar-refractivity contribution is 6.30. The Morgan fingerprint density at radius 1 is 1.33 bits per heavy atom. The van der Waals surface area contributed by atoms with E-state index >= 15 is 0 Å². The summed E-state index contributed by atoms with van der Waals surface area (Å²) in [6, 6.07) is 6.99. The normalized spacial score (nSPS) is 14.4. The zero-order valence-corrected chi connectivity index (χ0v) is 10.4. The molecule has 0 saturated heterocycles. The van der Waals surface area contributed by atoms with Crippen LogP contribution >= 0.6 is 11.6 Å². The monoisotopic (exact) mass is 261 g/mol. The number of halogens is 1. The summed E-state index contributed by atoms with van der Waals surface area (Å²) < 4.78 is 0. The Balaban J connectivity index is 1.80. The predicted octanol–water partition coefficient (Wildman–Crippen LogP) is 2.26. The second-order valence-corrected chi connectivity index (χ2v) is 4.75. The number of imidazole rings is 1. The summed E-state index contributed by atoms with van der Waals surface area (Å²) in [6.45, 7) is 1.30. The molecule has 0 saturated carbocycles. The number of aromatic nitrogens is 2. The maximum absolute atomic E-state index is 12.3. The second kappa shape index (κ2) is 4.46. The number of aromatic amines is 1. The Morgan fingerprint density at radius 3 is 2.89 bits per heavy atom. The standard InChI is InChI=1S/C13H12ClN3O/c14-10-3-1-9(2-4-10)13(18)17-6-5-11-12(7-17)16-8-15-11/h1-4,8H,5-7H2,(H,15,16). The van der Waals surface area contributed by atoms with Gasteiger partial charge in [0.1, 0.15) is 0 Å². The summed E-state index contributed by atoms with van der Waals surface area (Å²) in [5.41, 5.74) is 2.76. The minimum atomic E-state index is 0.0342. The topological polar surface area (TPSA) is 49.0 Å². The van der Waals surface area contributed by atoms with Gasteiger partial charge in [-0.3, -0.25) is 4.79 Å². The number of carbonyl (C=O) groups excluding carboxylic acids is 1. The first-order valence-corrected chi connectivity index (χ1v) is 6.18. The Bertz CT molecular complexity index is 576. The van der Waals surface area contributed by atoms with E-state index in [4.69, 9.17) is 11.6 Å². The summed E-state index contributed by atoms with van der Waals surface area (Å²) in [5.74, 6) is 0.0342. The number of hydrogen-bond donors (Lipinski definition) is 1. The fourth-order valence-corrected chi connectivity index (χ4v) is 2.29. The van der Waals surface area contributed by atoms with Crippen LogP contribution in [0.4, 0.5) is 0 Å². The van der Waals surface area contributed by atoms with Crippen molar-refractivity contribution in [2.45, 2.75) is 13.0 Å². The van der Waals surface area contributed by atoms with Gasteiger partial charge in [0.2, 0.25) is 0 Å². The van der Waals surface area contributed by atoms with E-state index in [0.29, 0.717) is 23.7 Å². The molecule has 0 fully saturated rings. The molecule has 92 valence electrons. The second-order valence-electron chi connectivity index (χ2n) is 4.31. The third-order valence-corrected chi connectivity index (χ3v) is 3.41. The van der Waals surface area contributed by atoms with Crippen molar-refractivity contribution >= 4 is 17.5 Å². The van der Waals surface area contributed by atoms with Crippen LogP contribution in [0.2, 0.25) is 5.02 Å². The lowest BCUT2D eigenvalue weighted by Gasteiger charge is -2.26. The zero-order chi connectivity index (χ0) is 12.5. The molecule has 1 aromatic carbocycles. The van der Waals surface area contributed by atoms with Gasteiger partial charge in [-0.1, -0.05) is 11.6 Å². The van der Waals surface area contributed by atoms with E-state index in [1.54, 1.807) is 30.6 Å². The van der Waals surface area contributed by atoms with Crippen molar-refractivity contribution < 1.29 is 4.79 Å². The molecule has 5 heteroatoms. The molecule has 0 atom stereocenters. The third-order valence-electron chi connectivity index (χ3n) is 3.15. The molecule has 1 N–H and O–H groups in total. The molecule has 0 bridgehead atoms. The minimum absolute atomic E-state index is 0.0342. The molecular weight excluding hydrogens is 250 g/mol. The average molecular weight is 262 g/mol. The van der Waals surface area contributed by atoms with Crippen LogP contribution in [-0.4, -0.2) is 27.3 Å². The van der Waals surface area contributed by atoms with Crippen molar-refractivity contribution in [3.63, 3.8) is 0 Å². The highest BCUT2D eigenvalue weighted by atomic mass is 35.5. The van der Waals surface area contributed by atoms with E-state index in [1.807, 2.05) is 4.90 Å². The molecular formula is C13H12ClN3O. The number of nitrogens with one attached hydrogen (secondary N) is 1. The van der Waals surface area contributed by atoms with Gasteiger partial charge < -0.3 is 9.88 Å². The molecule has 4 nitrogen and oxygen atoms in total. The number of nitrogens with zero attached hydrogens (tertiary/aromatic N) is 2. The molecule has 2 heterocycles. The molecule has 18 heavy (non-hydrogen) atoms. The highest BCUT2D eigenvalue weighted by Crippen LogP contribution is 2.18. The number of rotatable bonds is 1. The van der Waals surface area contributed by atoms with E-state index in [2.05, 4.69) is 9.97 Å². The van der Waals surface area contributed by atoms with Gasteiger partial charge in [0, 0.05) is 23.6 Å². The largest absolute Gasteiger partial charge is 0.347 e. The van der Waals surface area contributed by atoms with Crippen molar-refractivity contribution in [2.75, 3.05) is 6.54 Å². The molecule has 0 spiro atoms. The first-order valence-electron chi connectivity index (χ1n) is 5.80. The van der Waals surface area contributed by atoms with Gasteiger partial charge in [0.05, 0.1) is 24.3 Å². The first-order chi connectivity index (χ1) is 8.74. The molecule has 0 aliphatic carbocycles. The van der Waals surface area contributed by atoms with E-state index in [1.165, 1.54) is 0 Å². The Kier molecular flexibility index (Phi) is 2.80. The van der Waals surface area contributed by atoms with Crippen LogP contribution in [0.3, 0.4) is 0 Å². The fourth-order valence-electron chi connectivity index (χ4n) is 2.16. The summed E-state index contributed by atoms with van der Waals surface area (Å²) in [6.07, 6.45) is 2.49. The lowest BCUT2D eigenvalue weighted by atomic mass is 10.1. The minimum Gasteiger partial charge on any atom is -0.347 e. The van der Waals surface area contributed by atoms with Crippen LogP contribution < -0.4 is 0 Å². The summed E-state index contributed by atoms with van der Waals surface area (Å²) in [7, 11) is 0. The number of H-pyrrole nitrogens is 1. The predicted molar refractivity (Wildman–Crippen MR) is 68.5 cm³/mol. The van der Waals surface area contributed by atoms with Gasteiger partial charge in [0.15, 0.2) is 0 Å². The van der Waals surface area contributed by atoms with Crippen LogP contribution in [0.25, 0.3) is 0 Å². The summed E-state index contributed by atoms with van der Waals surface area (Å²) >= 11 is 5.82. The Morgan fingerprint density at radius 2 is 2.11 bits per heavy atom. The van der Waals surface area contributed by atoms with Crippen LogP contribution in [-0.2, 0) is 13.0 Å². The van der Waals surface area contributed by atoms with Gasteiger partial charge in [0.25, 0.3) is 5.91 Å². The fraction of sp³-hybridized carbons (Fsp3) is 0.231. The highest BCUT2D eigenvalue weighted by Gasteiger charge is 2.23. The summed E-state index contributed by atoms with van der Waals surface area (Å²) in [4.78, 5) is 21.4. The van der Waals surface area contributed by atoms with Gasteiger partial charge in [-0.25, -0.2) is 4.98 Å². The Hall–Kier alpha value is -1.81. The number of hydrogen-bond acceptors (Lipinski definition) is 2. The maximum atomic E-state index is 12.3. The van der Waals surface area contributed by atoms with Crippen molar-refractivity contribution in [2.24, 2.45) is 0 Å². The van der Waals surface area contributed by atoms with Crippen LogP contribution in [0.1, 0.15) is 21.7 Å². The first kappa shape index (κ1) is 11.3. The van der Waals surface area contributed by atoms with E-state index in [9.17, 15) is 4.79 Å². The third kappa shape index (κ3) is 1.99. The number of fused-ring (bicyclic) bond motifs is 1. The number of carbonyl (C=O) groups is 1. The lowest BCUT2D eigenvalue weighted by molar-refractivity contribution is 0.0732. The van der Waals surface area contributed by atoms with Gasteiger partial charge in [-0.15, -0.1) is 0 Å². The smallest absolute Gasteiger partial charge is 0.254 e. The molecule has 0 unspecified atom stereocenters.